The number of ether oxygens (including phenoxy) is 2. The molecule has 21 heavy (non-hydrogen) atoms. The van der Waals surface area contributed by atoms with Crippen molar-refractivity contribution in [3.05, 3.63) is 29.8 Å². The van der Waals surface area contributed by atoms with Gasteiger partial charge in [-0.15, -0.1) is 0 Å². The summed E-state index contributed by atoms with van der Waals surface area (Å²) in [5.41, 5.74) is -1.40. The largest absolute Gasteiger partial charge is 0.504 e. The Morgan fingerprint density at radius 2 is 2.14 bits per heavy atom. The Hall–Kier alpha value is -2.54. The quantitative estimate of drug-likeness (QED) is 0.418. The number of esters is 2. The van der Waals surface area contributed by atoms with Gasteiger partial charge in [-0.1, -0.05) is 6.07 Å². The van der Waals surface area contributed by atoms with E-state index < -0.39 is 23.6 Å². The minimum Gasteiger partial charge on any atom is -0.504 e. The number of cyclic esters (lactones) is 1. The molecule has 0 unspecified atom stereocenters. The lowest BCUT2D eigenvalue weighted by Gasteiger charge is -2.19. The molecule has 112 valence electrons. The first kappa shape index (κ1) is 14.9. The maximum atomic E-state index is 11.6. The molecule has 2 rings (SSSR count). The summed E-state index contributed by atoms with van der Waals surface area (Å²) in [6.07, 6.45) is 1.36. The maximum absolute atomic E-state index is 11.6. The summed E-state index contributed by atoms with van der Waals surface area (Å²) in [4.78, 5) is 22.8. The molecule has 0 aliphatic carbocycles. The highest BCUT2D eigenvalue weighted by Gasteiger charge is 2.49. The second-order valence-electron chi connectivity index (χ2n) is 4.75. The van der Waals surface area contributed by atoms with Crippen LogP contribution in [0.2, 0.25) is 0 Å². The molecule has 1 aliphatic heterocycles. The fraction of sp³-hybridized carbons (Fsp3) is 0.286. The van der Waals surface area contributed by atoms with Gasteiger partial charge in [0.15, 0.2) is 23.2 Å². The third kappa shape index (κ3) is 3.14. The third-order valence-electron chi connectivity index (χ3n) is 3.08. The van der Waals surface area contributed by atoms with Crippen LogP contribution in [0, 0.1) is 0 Å². The summed E-state index contributed by atoms with van der Waals surface area (Å²) < 4.78 is 9.56. The van der Waals surface area contributed by atoms with E-state index in [1.165, 1.54) is 31.2 Å². The van der Waals surface area contributed by atoms with Crippen LogP contribution in [0.5, 0.6) is 11.5 Å². The Morgan fingerprint density at radius 3 is 2.71 bits per heavy atom. The van der Waals surface area contributed by atoms with Gasteiger partial charge in [0, 0.05) is 6.08 Å². The number of carbonyl (C=O) groups is 2. The van der Waals surface area contributed by atoms with E-state index in [0.29, 0.717) is 5.56 Å². The average molecular weight is 294 g/mol. The van der Waals surface area contributed by atoms with Crippen molar-refractivity contribution in [2.45, 2.75) is 18.6 Å². The van der Waals surface area contributed by atoms with Crippen molar-refractivity contribution in [2.24, 2.45) is 0 Å². The van der Waals surface area contributed by atoms with E-state index in [1.54, 1.807) is 0 Å². The summed E-state index contributed by atoms with van der Waals surface area (Å²) in [6, 6.07) is 4.02. The molecule has 1 aliphatic rings. The van der Waals surface area contributed by atoms with Gasteiger partial charge in [-0.05, 0) is 30.7 Å². The molecule has 0 bridgehead atoms. The molecule has 0 aromatic heterocycles. The monoisotopic (exact) mass is 294 g/mol. The number of benzene rings is 1. The highest BCUT2D eigenvalue weighted by molar-refractivity contribution is 5.88. The van der Waals surface area contributed by atoms with Gasteiger partial charge in [0.25, 0.3) is 0 Å². The predicted molar refractivity (Wildman–Crippen MR) is 70.3 cm³/mol. The van der Waals surface area contributed by atoms with Gasteiger partial charge in [0.2, 0.25) is 0 Å². The predicted octanol–water partition coefficient (Wildman–Crippen LogP) is 0.331. The van der Waals surface area contributed by atoms with Gasteiger partial charge in [-0.25, -0.2) is 9.59 Å². The molecule has 7 nitrogen and oxygen atoms in total. The van der Waals surface area contributed by atoms with Gasteiger partial charge >= 0.3 is 11.9 Å². The van der Waals surface area contributed by atoms with Gasteiger partial charge in [0.05, 0.1) is 0 Å². The average Bonchev–Trinajstić information content (AvgIpc) is 2.67. The molecule has 0 amide bonds. The van der Waals surface area contributed by atoms with E-state index >= 15 is 0 Å². The molecule has 0 radical (unpaired) electrons. The molecule has 2 atom stereocenters. The lowest BCUT2D eigenvalue weighted by atomic mass is 10.0. The first-order valence-electron chi connectivity index (χ1n) is 6.11. The molecule has 1 fully saturated rings. The summed E-state index contributed by atoms with van der Waals surface area (Å²) in [7, 11) is 0. The van der Waals surface area contributed by atoms with E-state index in [4.69, 9.17) is 9.84 Å². The lowest BCUT2D eigenvalue weighted by Crippen LogP contribution is -2.43. The van der Waals surface area contributed by atoms with Crippen LogP contribution in [0.1, 0.15) is 12.5 Å². The van der Waals surface area contributed by atoms with Gasteiger partial charge in [0.1, 0.15) is 6.61 Å². The van der Waals surface area contributed by atoms with Crippen LogP contribution in [0.3, 0.4) is 0 Å². The number of hydrogen-bond donors (Lipinski definition) is 3. The Morgan fingerprint density at radius 1 is 1.43 bits per heavy atom. The molecule has 7 heteroatoms. The number of hydrogen-bond acceptors (Lipinski definition) is 7. The number of phenolic OH excluding ortho intramolecular Hbond substituents is 2. The number of carbonyl (C=O) groups excluding carboxylic acids is 2. The standard InChI is InChI=1S/C14H14O7/c1-14(19)11(7-20-13(14)18)21-12(17)5-3-8-2-4-9(15)10(16)6-8/h2-6,11,15-16,19H,7H2,1H3/b5-3+/t11-,14-/m1/s1. The van der Waals surface area contributed by atoms with Gasteiger partial charge < -0.3 is 24.8 Å². The molecule has 0 spiro atoms. The van der Waals surface area contributed by atoms with Crippen LogP contribution < -0.4 is 0 Å². The van der Waals surface area contributed by atoms with Crippen LogP contribution in [-0.4, -0.2) is 45.6 Å². The third-order valence-corrected chi connectivity index (χ3v) is 3.08. The molecular formula is C14H14O7. The number of aromatic hydroxyl groups is 2. The summed E-state index contributed by atoms with van der Waals surface area (Å²) >= 11 is 0. The molecule has 1 aromatic rings. The molecular weight excluding hydrogens is 280 g/mol. The second kappa shape index (κ2) is 5.45. The zero-order valence-electron chi connectivity index (χ0n) is 11.1. The molecule has 1 saturated heterocycles. The van der Waals surface area contributed by atoms with Crippen LogP contribution in [0.25, 0.3) is 6.08 Å². The number of phenols is 2. The zero-order chi connectivity index (χ0) is 15.6. The second-order valence-corrected chi connectivity index (χ2v) is 4.75. The Labute approximate surface area is 120 Å². The first-order chi connectivity index (χ1) is 9.80. The normalized spacial score (nSPS) is 25.0. The van der Waals surface area contributed by atoms with Crippen molar-refractivity contribution < 1.29 is 34.4 Å². The molecule has 3 N–H and O–H groups in total. The molecule has 1 aromatic carbocycles. The van der Waals surface area contributed by atoms with Crippen LogP contribution in [0.15, 0.2) is 24.3 Å². The molecule has 0 saturated carbocycles. The van der Waals surface area contributed by atoms with E-state index in [1.807, 2.05) is 0 Å². The van der Waals surface area contributed by atoms with Crippen molar-refractivity contribution in [3.63, 3.8) is 0 Å². The fourth-order valence-corrected chi connectivity index (χ4v) is 1.73. The smallest absolute Gasteiger partial charge is 0.342 e. The van der Waals surface area contributed by atoms with E-state index in [2.05, 4.69) is 4.74 Å². The first-order valence-corrected chi connectivity index (χ1v) is 6.11. The highest BCUT2D eigenvalue weighted by atomic mass is 16.6. The Balaban J connectivity index is 2.00. The van der Waals surface area contributed by atoms with Gasteiger partial charge in [-0.3, -0.25) is 0 Å². The Bertz CT molecular complexity index is 603. The van der Waals surface area contributed by atoms with Crippen molar-refractivity contribution in [3.8, 4) is 11.5 Å². The lowest BCUT2D eigenvalue weighted by molar-refractivity contribution is -0.160. The summed E-state index contributed by atoms with van der Waals surface area (Å²) in [5.74, 6) is -2.20. The summed E-state index contributed by atoms with van der Waals surface area (Å²) in [6.45, 7) is 1.01. The van der Waals surface area contributed by atoms with Gasteiger partial charge in [-0.2, -0.15) is 0 Å². The fourth-order valence-electron chi connectivity index (χ4n) is 1.73. The van der Waals surface area contributed by atoms with E-state index in [-0.39, 0.29) is 18.1 Å². The number of aliphatic hydroxyl groups is 1. The zero-order valence-corrected chi connectivity index (χ0v) is 11.1. The van der Waals surface area contributed by atoms with E-state index in [9.17, 15) is 19.8 Å². The van der Waals surface area contributed by atoms with Crippen molar-refractivity contribution in [1.82, 2.24) is 0 Å². The Kier molecular flexibility index (Phi) is 3.86. The van der Waals surface area contributed by atoms with Crippen molar-refractivity contribution in [1.29, 1.82) is 0 Å². The topological polar surface area (TPSA) is 113 Å². The SMILES string of the molecule is C[C@]1(O)C(=O)OC[C@H]1OC(=O)/C=C/c1ccc(O)c(O)c1. The van der Waals surface area contributed by atoms with E-state index in [0.717, 1.165) is 6.08 Å². The molecule has 1 heterocycles. The van der Waals surface area contributed by atoms with Crippen LogP contribution in [-0.2, 0) is 19.1 Å². The van der Waals surface area contributed by atoms with Crippen molar-refractivity contribution >= 4 is 18.0 Å². The van der Waals surface area contributed by atoms with Crippen LogP contribution in [0.4, 0.5) is 0 Å². The number of rotatable bonds is 3. The maximum Gasteiger partial charge on any atom is 0.342 e. The highest BCUT2D eigenvalue weighted by Crippen LogP contribution is 2.26. The van der Waals surface area contributed by atoms with Crippen molar-refractivity contribution in [2.75, 3.05) is 6.61 Å². The summed E-state index contributed by atoms with van der Waals surface area (Å²) in [5, 5.41) is 28.2. The minimum atomic E-state index is -1.86. The van der Waals surface area contributed by atoms with Crippen LogP contribution >= 0.6 is 0 Å². The minimum absolute atomic E-state index is 0.203.